The van der Waals surface area contributed by atoms with Crippen molar-refractivity contribution in [3.63, 3.8) is 0 Å². The first-order chi connectivity index (χ1) is 8.13. The predicted molar refractivity (Wildman–Crippen MR) is 70.2 cm³/mol. The largest absolute Gasteiger partial charge is 0.309 e. The van der Waals surface area contributed by atoms with Crippen molar-refractivity contribution >= 4 is 11.3 Å². The van der Waals surface area contributed by atoms with Gasteiger partial charge in [0.2, 0.25) is 0 Å². The standard InChI is InChI=1S/C12H18N4S/c1-5-6-16-10(8(2)3)14-15-11(16)12-13-9(4)7-17-12/h7-8H,5-6H2,1-4H3. The van der Waals surface area contributed by atoms with Crippen LogP contribution in [0.5, 0.6) is 0 Å². The molecule has 92 valence electrons. The third-order valence-electron chi connectivity index (χ3n) is 2.55. The highest BCUT2D eigenvalue weighted by atomic mass is 32.1. The van der Waals surface area contributed by atoms with Gasteiger partial charge in [-0.15, -0.1) is 21.5 Å². The number of aryl methyl sites for hydroxylation is 1. The van der Waals surface area contributed by atoms with Crippen LogP contribution in [0.2, 0.25) is 0 Å². The molecule has 0 fully saturated rings. The SMILES string of the molecule is CCCn1c(-c2nc(C)cs2)nnc1C(C)C. The Morgan fingerprint density at radius 2 is 2.12 bits per heavy atom. The van der Waals surface area contributed by atoms with Crippen LogP contribution in [-0.4, -0.2) is 19.7 Å². The van der Waals surface area contributed by atoms with Gasteiger partial charge >= 0.3 is 0 Å². The van der Waals surface area contributed by atoms with Crippen LogP contribution in [-0.2, 0) is 6.54 Å². The number of rotatable bonds is 4. The van der Waals surface area contributed by atoms with Crippen molar-refractivity contribution in [2.45, 2.75) is 46.6 Å². The molecular formula is C12H18N4S. The topological polar surface area (TPSA) is 43.6 Å². The molecule has 0 bridgehead atoms. The lowest BCUT2D eigenvalue weighted by atomic mass is 10.2. The summed E-state index contributed by atoms with van der Waals surface area (Å²) in [4.78, 5) is 4.49. The van der Waals surface area contributed by atoms with Crippen LogP contribution in [0.4, 0.5) is 0 Å². The number of nitrogens with zero attached hydrogens (tertiary/aromatic N) is 4. The Labute approximate surface area is 106 Å². The fourth-order valence-corrected chi connectivity index (χ4v) is 2.59. The molecule has 0 aromatic carbocycles. The first-order valence-corrected chi connectivity index (χ1v) is 6.87. The summed E-state index contributed by atoms with van der Waals surface area (Å²) in [6, 6.07) is 0. The van der Waals surface area contributed by atoms with E-state index in [0.29, 0.717) is 5.92 Å². The fourth-order valence-electron chi connectivity index (χ4n) is 1.80. The average molecular weight is 250 g/mol. The Morgan fingerprint density at radius 3 is 2.65 bits per heavy atom. The molecule has 0 radical (unpaired) electrons. The zero-order valence-corrected chi connectivity index (χ0v) is 11.6. The minimum Gasteiger partial charge on any atom is -0.309 e. The molecular weight excluding hydrogens is 232 g/mol. The lowest BCUT2D eigenvalue weighted by Gasteiger charge is -2.09. The predicted octanol–water partition coefficient (Wildman–Crippen LogP) is 3.24. The van der Waals surface area contributed by atoms with E-state index in [1.54, 1.807) is 11.3 Å². The molecule has 0 aliphatic carbocycles. The third-order valence-corrected chi connectivity index (χ3v) is 3.51. The van der Waals surface area contributed by atoms with E-state index in [-0.39, 0.29) is 0 Å². The summed E-state index contributed by atoms with van der Waals surface area (Å²) in [5.41, 5.74) is 1.04. The Morgan fingerprint density at radius 1 is 1.35 bits per heavy atom. The van der Waals surface area contributed by atoms with E-state index in [2.05, 4.69) is 45.9 Å². The number of thiazole rings is 1. The molecule has 4 nitrogen and oxygen atoms in total. The van der Waals surface area contributed by atoms with Gasteiger partial charge in [0, 0.05) is 23.5 Å². The van der Waals surface area contributed by atoms with Crippen molar-refractivity contribution in [1.82, 2.24) is 19.7 Å². The first kappa shape index (κ1) is 12.2. The van der Waals surface area contributed by atoms with Gasteiger partial charge in [-0.2, -0.15) is 0 Å². The third kappa shape index (κ3) is 2.39. The molecule has 0 N–H and O–H groups in total. The van der Waals surface area contributed by atoms with E-state index in [9.17, 15) is 0 Å². The van der Waals surface area contributed by atoms with Crippen molar-refractivity contribution in [3.8, 4) is 10.8 Å². The average Bonchev–Trinajstić information content (AvgIpc) is 2.85. The van der Waals surface area contributed by atoms with Gasteiger partial charge in [-0.05, 0) is 13.3 Å². The highest BCUT2D eigenvalue weighted by Gasteiger charge is 2.17. The Balaban J connectivity index is 2.46. The molecule has 0 saturated heterocycles. The second-order valence-corrected chi connectivity index (χ2v) is 5.34. The molecule has 5 heteroatoms. The van der Waals surface area contributed by atoms with Gasteiger partial charge in [0.05, 0.1) is 0 Å². The first-order valence-electron chi connectivity index (χ1n) is 5.99. The van der Waals surface area contributed by atoms with Gasteiger partial charge in [0.25, 0.3) is 0 Å². The van der Waals surface area contributed by atoms with Gasteiger partial charge in [-0.3, -0.25) is 0 Å². The molecule has 2 aromatic rings. The molecule has 0 unspecified atom stereocenters. The summed E-state index contributed by atoms with van der Waals surface area (Å²) in [6.45, 7) is 9.42. The number of hydrogen-bond donors (Lipinski definition) is 0. The Bertz CT molecular complexity index is 498. The van der Waals surface area contributed by atoms with Crippen LogP contribution in [0.3, 0.4) is 0 Å². The summed E-state index contributed by atoms with van der Waals surface area (Å²) in [7, 11) is 0. The second kappa shape index (κ2) is 4.96. The molecule has 0 amide bonds. The van der Waals surface area contributed by atoms with E-state index in [1.165, 1.54) is 0 Å². The van der Waals surface area contributed by atoms with Crippen molar-refractivity contribution in [1.29, 1.82) is 0 Å². The van der Waals surface area contributed by atoms with Crippen LogP contribution in [0, 0.1) is 6.92 Å². The fraction of sp³-hybridized carbons (Fsp3) is 0.583. The monoisotopic (exact) mass is 250 g/mol. The quantitative estimate of drug-likeness (QED) is 0.836. The molecule has 17 heavy (non-hydrogen) atoms. The van der Waals surface area contributed by atoms with Crippen molar-refractivity contribution in [3.05, 3.63) is 16.9 Å². The summed E-state index contributed by atoms with van der Waals surface area (Å²) >= 11 is 1.63. The van der Waals surface area contributed by atoms with Crippen LogP contribution in [0.1, 0.15) is 44.6 Å². The Kier molecular flexibility index (Phi) is 3.57. The lowest BCUT2D eigenvalue weighted by Crippen LogP contribution is -2.06. The molecule has 0 saturated carbocycles. The second-order valence-electron chi connectivity index (χ2n) is 4.48. The van der Waals surface area contributed by atoms with Gasteiger partial charge in [-0.1, -0.05) is 20.8 Å². The molecule has 2 heterocycles. The normalized spacial score (nSPS) is 11.4. The minimum absolute atomic E-state index is 0.392. The minimum atomic E-state index is 0.392. The Hall–Kier alpha value is -1.23. The molecule has 2 rings (SSSR count). The smallest absolute Gasteiger partial charge is 0.193 e. The van der Waals surface area contributed by atoms with Crippen molar-refractivity contribution in [2.24, 2.45) is 0 Å². The molecule has 0 aliphatic rings. The summed E-state index contributed by atoms with van der Waals surface area (Å²) < 4.78 is 2.20. The van der Waals surface area contributed by atoms with E-state index < -0.39 is 0 Å². The van der Waals surface area contributed by atoms with E-state index >= 15 is 0 Å². The summed E-state index contributed by atoms with van der Waals surface area (Å²) in [5, 5.41) is 11.6. The van der Waals surface area contributed by atoms with Crippen molar-refractivity contribution in [2.75, 3.05) is 0 Å². The van der Waals surface area contributed by atoms with Gasteiger partial charge in [-0.25, -0.2) is 4.98 Å². The molecule has 0 aliphatic heterocycles. The van der Waals surface area contributed by atoms with Crippen LogP contribution >= 0.6 is 11.3 Å². The van der Waals surface area contributed by atoms with Gasteiger partial charge in [0.15, 0.2) is 10.8 Å². The number of hydrogen-bond acceptors (Lipinski definition) is 4. The maximum absolute atomic E-state index is 4.49. The zero-order chi connectivity index (χ0) is 12.4. The number of aromatic nitrogens is 4. The maximum Gasteiger partial charge on any atom is 0.193 e. The van der Waals surface area contributed by atoms with Gasteiger partial charge in [0.1, 0.15) is 5.82 Å². The zero-order valence-electron chi connectivity index (χ0n) is 10.8. The van der Waals surface area contributed by atoms with Crippen LogP contribution in [0.15, 0.2) is 5.38 Å². The maximum atomic E-state index is 4.49. The highest BCUT2D eigenvalue weighted by molar-refractivity contribution is 7.13. The van der Waals surface area contributed by atoms with Gasteiger partial charge < -0.3 is 4.57 Å². The van der Waals surface area contributed by atoms with E-state index in [4.69, 9.17) is 0 Å². The molecule has 2 aromatic heterocycles. The summed E-state index contributed by atoms with van der Waals surface area (Å²) in [5.74, 6) is 2.35. The molecule has 0 atom stereocenters. The van der Waals surface area contributed by atoms with Crippen LogP contribution in [0.25, 0.3) is 10.8 Å². The van der Waals surface area contributed by atoms with Crippen molar-refractivity contribution < 1.29 is 0 Å². The van der Waals surface area contributed by atoms with Crippen LogP contribution < -0.4 is 0 Å². The van der Waals surface area contributed by atoms with E-state index in [0.717, 1.165) is 35.3 Å². The lowest BCUT2D eigenvalue weighted by molar-refractivity contribution is 0.614. The summed E-state index contributed by atoms with van der Waals surface area (Å²) in [6.07, 6.45) is 1.08. The van der Waals surface area contributed by atoms with E-state index in [1.807, 2.05) is 6.92 Å². The molecule has 0 spiro atoms. The highest BCUT2D eigenvalue weighted by Crippen LogP contribution is 2.25.